The average Bonchev–Trinajstić information content (AvgIpc) is 2.52. The molecule has 0 bridgehead atoms. The van der Waals surface area contributed by atoms with E-state index in [0.717, 1.165) is 18.5 Å². The minimum atomic E-state index is 0.168. The zero-order chi connectivity index (χ0) is 23.0. The standard InChI is InChI=1S/C29H45N/c1-21-18-23(29(10,11)20-27(5,6)7)14-17-25(21)30-24-15-12-22(13-16-24)28(8,9)19-26(2,3)4/h12-18,30H,19-20H2,1-11H3. The molecule has 0 fully saturated rings. The zero-order valence-corrected chi connectivity index (χ0v) is 21.5. The average molecular weight is 408 g/mol. The van der Waals surface area contributed by atoms with E-state index in [0.29, 0.717) is 10.8 Å². The second kappa shape index (κ2) is 8.40. The van der Waals surface area contributed by atoms with Crippen LogP contribution >= 0.6 is 0 Å². The number of hydrogen-bond donors (Lipinski definition) is 1. The molecule has 0 aromatic heterocycles. The summed E-state index contributed by atoms with van der Waals surface area (Å²) in [4.78, 5) is 0. The molecule has 0 atom stereocenters. The van der Waals surface area contributed by atoms with Gasteiger partial charge in [-0.25, -0.2) is 0 Å². The second-order valence-corrected chi connectivity index (χ2v) is 13.0. The normalized spacial score (nSPS) is 13.4. The van der Waals surface area contributed by atoms with Gasteiger partial charge in [-0.3, -0.25) is 0 Å². The first-order valence-corrected chi connectivity index (χ1v) is 11.5. The number of anilines is 2. The van der Waals surface area contributed by atoms with Crippen LogP contribution in [-0.2, 0) is 10.8 Å². The Morgan fingerprint density at radius 1 is 0.600 bits per heavy atom. The van der Waals surface area contributed by atoms with Crippen molar-refractivity contribution >= 4 is 11.4 Å². The quantitative estimate of drug-likeness (QED) is 0.503. The van der Waals surface area contributed by atoms with Crippen molar-refractivity contribution < 1.29 is 0 Å². The van der Waals surface area contributed by atoms with Crippen LogP contribution in [-0.4, -0.2) is 0 Å². The first-order valence-electron chi connectivity index (χ1n) is 11.5. The molecule has 0 amide bonds. The van der Waals surface area contributed by atoms with Gasteiger partial charge < -0.3 is 5.32 Å². The molecule has 2 aromatic rings. The summed E-state index contributed by atoms with van der Waals surface area (Å²) in [6, 6.07) is 15.9. The Balaban J connectivity index is 2.17. The molecular weight excluding hydrogens is 362 g/mol. The van der Waals surface area contributed by atoms with Crippen molar-refractivity contribution in [2.45, 2.75) is 99.8 Å². The highest BCUT2D eigenvalue weighted by Crippen LogP contribution is 2.38. The van der Waals surface area contributed by atoms with E-state index in [1.807, 2.05) is 0 Å². The molecule has 0 saturated carbocycles. The van der Waals surface area contributed by atoms with Crippen LogP contribution in [0.1, 0.15) is 98.8 Å². The second-order valence-electron chi connectivity index (χ2n) is 13.0. The Kier molecular flexibility index (Phi) is 6.87. The van der Waals surface area contributed by atoms with Crippen molar-refractivity contribution in [1.82, 2.24) is 0 Å². The lowest BCUT2D eigenvalue weighted by Crippen LogP contribution is -2.25. The summed E-state index contributed by atoms with van der Waals surface area (Å²) in [6.07, 6.45) is 2.33. The fourth-order valence-corrected chi connectivity index (χ4v) is 5.24. The third-order valence-corrected chi connectivity index (χ3v) is 5.90. The molecule has 0 aliphatic heterocycles. The van der Waals surface area contributed by atoms with E-state index < -0.39 is 0 Å². The number of benzene rings is 2. The van der Waals surface area contributed by atoms with Gasteiger partial charge >= 0.3 is 0 Å². The van der Waals surface area contributed by atoms with Crippen LogP contribution in [0.5, 0.6) is 0 Å². The molecule has 1 heteroatoms. The molecule has 2 aromatic carbocycles. The summed E-state index contributed by atoms with van der Waals surface area (Å²) in [5.41, 5.74) is 7.43. The molecule has 0 heterocycles. The Labute approximate surface area is 186 Å². The monoisotopic (exact) mass is 407 g/mol. The molecule has 0 radical (unpaired) electrons. The maximum Gasteiger partial charge on any atom is 0.0414 e. The molecule has 0 aliphatic rings. The van der Waals surface area contributed by atoms with E-state index in [1.54, 1.807) is 0 Å². The lowest BCUT2D eigenvalue weighted by atomic mass is 9.72. The smallest absolute Gasteiger partial charge is 0.0414 e. The van der Waals surface area contributed by atoms with Crippen LogP contribution in [0.2, 0.25) is 0 Å². The molecule has 0 spiro atoms. The summed E-state index contributed by atoms with van der Waals surface area (Å²) >= 11 is 0. The molecule has 0 aliphatic carbocycles. The maximum absolute atomic E-state index is 3.63. The summed E-state index contributed by atoms with van der Waals surface area (Å²) < 4.78 is 0. The Morgan fingerprint density at radius 2 is 1.03 bits per heavy atom. The van der Waals surface area contributed by atoms with Crippen LogP contribution in [0, 0.1) is 17.8 Å². The van der Waals surface area contributed by atoms with Crippen molar-refractivity contribution in [1.29, 1.82) is 0 Å². The van der Waals surface area contributed by atoms with E-state index in [9.17, 15) is 0 Å². The van der Waals surface area contributed by atoms with Crippen molar-refractivity contribution in [2.75, 3.05) is 5.32 Å². The lowest BCUT2D eigenvalue weighted by molar-refractivity contribution is 0.283. The van der Waals surface area contributed by atoms with E-state index in [-0.39, 0.29) is 10.8 Å². The van der Waals surface area contributed by atoms with Gasteiger partial charge in [0.25, 0.3) is 0 Å². The zero-order valence-electron chi connectivity index (χ0n) is 21.5. The van der Waals surface area contributed by atoms with Crippen molar-refractivity contribution in [2.24, 2.45) is 10.8 Å². The predicted molar refractivity (Wildman–Crippen MR) is 135 cm³/mol. The van der Waals surface area contributed by atoms with Gasteiger partial charge in [0.15, 0.2) is 0 Å². The topological polar surface area (TPSA) is 12.0 Å². The Bertz CT molecular complexity index is 839. The summed E-state index contributed by atoms with van der Waals surface area (Å²) in [6.45, 7) is 25.6. The van der Waals surface area contributed by atoms with Gasteiger partial charge in [0.05, 0.1) is 0 Å². The third kappa shape index (κ3) is 6.89. The maximum atomic E-state index is 3.63. The molecule has 1 N–H and O–H groups in total. The molecule has 0 unspecified atom stereocenters. The summed E-state index contributed by atoms with van der Waals surface area (Å²) in [5.74, 6) is 0. The number of rotatable bonds is 6. The molecule has 0 saturated heterocycles. The molecule has 30 heavy (non-hydrogen) atoms. The van der Waals surface area contributed by atoms with Gasteiger partial charge in [-0.05, 0) is 76.3 Å². The number of hydrogen-bond acceptors (Lipinski definition) is 1. The fourth-order valence-electron chi connectivity index (χ4n) is 5.24. The minimum absolute atomic E-state index is 0.168. The van der Waals surface area contributed by atoms with Crippen molar-refractivity contribution in [3.63, 3.8) is 0 Å². The minimum Gasteiger partial charge on any atom is -0.355 e. The van der Waals surface area contributed by atoms with E-state index >= 15 is 0 Å². The highest BCUT2D eigenvalue weighted by atomic mass is 14.9. The van der Waals surface area contributed by atoms with Gasteiger partial charge in [-0.1, -0.05) is 93.5 Å². The van der Waals surface area contributed by atoms with Gasteiger partial charge in [0, 0.05) is 11.4 Å². The van der Waals surface area contributed by atoms with Crippen molar-refractivity contribution in [3.8, 4) is 0 Å². The van der Waals surface area contributed by atoms with Crippen LogP contribution in [0.3, 0.4) is 0 Å². The van der Waals surface area contributed by atoms with Crippen LogP contribution < -0.4 is 5.32 Å². The van der Waals surface area contributed by atoms with Crippen LogP contribution in [0.15, 0.2) is 42.5 Å². The van der Waals surface area contributed by atoms with Gasteiger partial charge in [-0.15, -0.1) is 0 Å². The van der Waals surface area contributed by atoms with Gasteiger partial charge in [0.2, 0.25) is 0 Å². The van der Waals surface area contributed by atoms with Gasteiger partial charge in [0.1, 0.15) is 0 Å². The molecular formula is C29H45N. The highest BCUT2D eigenvalue weighted by molar-refractivity contribution is 5.64. The SMILES string of the molecule is Cc1cc(C(C)(C)CC(C)(C)C)ccc1Nc1ccc(C(C)(C)CC(C)(C)C)cc1. The van der Waals surface area contributed by atoms with E-state index in [1.165, 1.54) is 22.4 Å². The highest BCUT2D eigenvalue weighted by Gasteiger charge is 2.28. The van der Waals surface area contributed by atoms with Gasteiger partial charge in [-0.2, -0.15) is 0 Å². The molecule has 2 rings (SSSR count). The largest absolute Gasteiger partial charge is 0.355 e. The first kappa shape index (κ1) is 24.5. The van der Waals surface area contributed by atoms with E-state index in [4.69, 9.17) is 0 Å². The summed E-state index contributed by atoms with van der Waals surface area (Å²) in [7, 11) is 0. The summed E-state index contributed by atoms with van der Waals surface area (Å²) in [5, 5.41) is 3.63. The molecule has 1 nitrogen and oxygen atoms in total. The number of nitrogens with one attached hydrogen (secondary N) is 1. The predicted octanol–water partition coefficient (Wildman–Crippen LogP) is 9.17. The van der Waals surface area contributed by atoms with E-state index in [2.05, 4.69) is 124 Å². The van der Waals surface area contributed by atoms with Crippen LogP contribution in [0.25, 0.3) is 0 Å². The Morgan fingerprint density at radius 3 is 1.47 bits per heavy atom. The van der Waals surface area contributed by atoms with Crippen LogP contribution in [0.4, 0.5) is 11.4 Å². The first-order chi connectivity index (χ1) is 13.5. The lowest BCUT2D eigenvalue weighted by Gasteiger charge is -2.33. The molecule has 166 valence electrons. The van der Waals surface area contributed by atoms with Crippen molar-refractivity contribution in [3.05, 3.63) is 59.2 Å². The Hall–Kier alpha value is -1.76. The third-order valence-electron chi connectivity index (χ3n) is 5.90. The number of aryl methyl sites for hydroxylation is 1. The fraction of sp³-hybridized carbons (Fsp3) is 0.586.